The lowest BCUT2D eigenvalue weighted by Gasteiger charge is -2.09. The number of anilines is 1. The highest BCUT2D eigenvalue weighted by Crippen LogP contribution is 2.22. The van der Waals surface area contributed by atoms with Crippen LogP contribution < -0.4 is 5.32 Å². The zero-order valence-electron chi connectivity index (χ0n) is 16.6. The van der Waals surface area contributed by atoms with Crippen molar-refractivity contribution in [2.75, 3.05) is 12.4 Å². The number of carbonyl (C=O) groups excluding carboxylic acids is 2. The third-order valence-corrected chi connectivity index (χ3v) is 4.46. The van der Waals surface area contributed by atoms with Crippen LogP contribution in [0.1, 0.15) is 43.5 Å². The molecule has 0 aliphatic heterocycles. The molecule has 28 heavy (non-hydrogen) atoms. The minimum Gasteiger partial charge on any atom is -0.464 e. The normalized spacial score (nSPS) is 10.8. The number of rotatable bonds is 5. The van der Waals surface area contributed by atoms with Crippen LogP contribution in [0.3, 0.4) is 0 Å². The molecule has 0 spiro atoms. The molecular formula is C20H23N5O3. The van der Waals surface area contributed by atoms with Crippen LogP contribution in [0.2, 0.25) is 0 Å². The number of benzene rings is 1. The molecule has 3 aromatic rings. The number of nitrogens with one attached hydrogen (secondary N) is 1. The van der Waals surface area contributed by atoms with Crippen molar-refractivity contribution in [3.05, 3.63) is 64.2 Å². The van der Waals surface area contributed by atoms with Gasteiger partial charge in [0.15, 0.2) is 5.69 Å². The van der Waals surface area contributed by atoms with E-state index in [1.807, 2.05) is 42.8 Å². The molecular weight excluding hydrogens is 358 g/mol. The summed E-state index contributed by atoms with van der Waals surface area (Å²) in [4.78, 5) is 24.8. The van der Waals surface area contributed by atoms with Gasteiger partial charge in [0, 0.05) is 18.3 Å². The fourth-order valence-corrected chi connectivity index (χ4v) is 3.14. The van der Waals surface area contributed by atoms with Crippen molar-refractivity contribution in [1.82, 2.24) is 19.6 Å². The molecule has 146 valence electrons. The lowest BCUT2D eigenvalue weighted by Crippen LogP contribution is -2.17. The van der Waals surface area contributed by atoms with Crippen molar-refractivity contribution in [3.8, 4) is 0 Å². The quantitative estimate of drug-likeness (QED) is 0.686. The summed E-state index contributed by atoms with van der Waals surface area (Å²) in [5, 5.41) is 11.5. The van der Waals surface area contributed by atoms with Crippen molar-refractivity contribution < 1.29 is 14.3 Å². The minimum absolute atomic E-state index is 0.201. The van der Waals surface area contributed by atoms with Crippen LogP contribution in [-0.4, -0.2) is 38.5 Å². The van der Waals surface area contributed by atoms with Gasteiger partial charge in [0.1, 0.15) is 0 Å². The summed E-state index contributed by atoms with van der Waals surface area (Å²) in [6.45, 7) is 6.24. The number of hydrogen-bond acceptors (Lipinski definition) is 5. The van der Waals surface area contributed by atoms with Crippen LogP contribution in [0.15, 0.2) is 30.3 Å². The Bertz CT molecular complexity index is 1050. The van der Waals surface area contributed by atoms with Gasteiger partial charge in [-0.3, -0.25) is 14.2 Å². The number of methoxy groups -OCH3 is 1. The second kappa shape index (κ2) is 7.67. The number of esters is 1. The SMILES string of the molecule is COC(=O)c1c(NC(=O)c2cccc(Cn3nc(C)cc3C)c2)c(C)nn1C. The predicted molar refractivity (Wildman–Crippen MR) is 104 cm³/mol. The van der Waals surface area contributed by atoms with Crippen molar-refractivity contribution >= 4 is 17.6 Å². The third kappa shape index (κ3) is 3.80. The first-order chi connectivity index (χ1) is 13.3. The van der Waals surface area contributed by atoms with E-state index in [0.717, 1.165) is 17.0 Å². The number of amides is 1. The highest BCUT2D eigenvalue weighted by Gasteiger charge is 2.23. The van der Waals surface area contributed by atoms with Crippen molar-refractivity contribution in [2.24, 2.45) is 7.05 Å². The monoisotopic (exact) mass is 381 g/mol. The molecule has 0 bridgehead atoms. The third-order valence-electron chi connectivity index (χ3n) is 4.46. The van der Waals surface area contributed by atoms with E-state index in [2.05, 4.69) is 15.5 Å². The number of nitrogens with zero attached hydrogens (tertiary/aromatic N) is 4. The van der Waals surface area contributed by atoms with Gasteiger partial charge in [-0.25, -0.2) is 4.79 Å². The van der Waals surface area contributed by atoms with E-state index < -0.39 is 5.97 Å². The van der Waals surface area contributed by atoms with Crippen LogP contribution in [-0.2, 0) is 18.3 Å². The van der Waals surface area contributed by atoms with E-state index in [1.54, 1.807) is 20.0 Å². The Morgan fingerprint density at radius 1 is 1.14 bits per heavy atom. The average Bonchev–Trinajstić information content (AvgIpc) is 3.11. The standard InChI is InChI=1S/C20H23N5O3/c1-12-9-13(2)25(22-12)11-15-7-6-8-16(10-15)19(26)21-17-14(3)23-24(4)18(17)20(27)28-5/h6-10H,11H2,1-5H3,(H,21,26). The van der Waals surface area contributed by atoms with Gasteiger partial charge < -0.3 is 10.1 Å². The molecule has 8 nitrogen and oxygen atoms in total. The molecule has 0 atom stereocenters. The predicted octanol–water partition coefficient (Wildman–Crippen LogP) is 2.63. The summed E-state index contributed by atoms with van der Waals surface area (Å²) in [5.41, 5.74) is 4.54. The van der Waals surface area contributed by atoms with Crippen molar-refractivity contribution in [1.29, 1.82) is 0 Å². The second-order valence-electron chi connectivity index (χ2n) is 6.66. The molecule has 0 aliphatic carbocycles. The zero-order chi connectivity index (χ0) is 20.4. The van der Waals surface area contributed by atoms with Gasteiger partial charge in [-0.15, -0.1) is 0 Å². The Balaban J connectivity index is 1.84. The smallest absolute Gasteiger partial charge is 0.358 e. The molecule has 0 unspecified atom stereocenters. The van der Waals surface area contributed by atoms with Crippen LogP contribution in [0.25, 0.3) is 0 Å². The highest BCUT2D eigenvalue weighted by molar-refractivity contribution is 6.08. The average molecular weight is 381 g/mol. The first-order valence-corrected chi connectivity index (χ1v) is 8.83. The van der Waals surface area contributed by atoms with Gasteiger partial charge in [-0.2, -0.15) is 10.2 Å². The van der Waals surface area contributed by atoms with Gasteiger partial charge in [-0.1, -0.05) is 12.1 Å². The first kappa shape index (κ1) is 19.3. The van der Waals surface area contributed by atoms with Crippen molar-refractivity contribution in [3.63, 3.8) is 0 Å². The summed E-state index contributed by atoms with van der Waals surface area (Å²) in [5.74, 6) is -0.881. The molecule has 1 aromatic carbocycles. The van der Waals surface area contributed by atoms with E-state index in [0.29, 0.717) is 23.5 Å². The highest BCUT2D eigenvalue weighted by atomic mass is 16.5. The fourth-order valence-electron chi connectivity index (χ4n) is 3.14. The van der Waals surface area contributed by atoms with Gasteiger partial charge >= 0.3 is 5.97 Å². The largest absolute Gasteiger partial charge is 0.464 e. The summed E-state index contributed by atoms with van der Waals surface area (Å²) in [7, 11) is 2.92. The molecule has 0 saturated heterocycles. The van der Waals surface area contributed by atoms with Gasteiger partial charge in [0.05, 0.1) is 30.7 Å². The van der Waals surface area contributed by atoms with E-state index >= 15 is 0 Å². The summed E-state index contributed by atoms with van der Waals surface area (Å²) in [6, 6.07) is 9.32. The maximum atomic E-state index is 12.8. The van der Waals surface area contributed by atoms with Crippen LogP contribution in [0.5, 0.6) is 0 Å². The second-order valence-corrected chi connectivity index (χ2v) is 6.66. The number of aryl methyl sites for hydroxylation is 4. The van der Waals surface area contributed by atoms with Crippen LogP contribution in [0, 0.1) is 20.8 Å². The lowest BCUT2D eigenvalue weighted by atomic mass is 10.1. The van der Waals surface area contributed by atoms with E-state index in [-0.39, 0.29) is 11.6 Å². The Morgan fingerprint density at radius 3 is 2.54 bits per heavy atom. The Labute approximate surface area is 163 Å². The first-order valence-electron chi connectivity index (χ1n) is 8.83. The molecule has 2 aromatic heterocycles. The van der Waals surface area contributed by atoms with Gasteiger partial charge in [0.25, 0.3) is 5.91 Å². The summed E-state index contributed by atoms with van der Waals surface area (Å²) in [6.07, 6.45) is 0. The summed E-state index contributed by atoms with van der Waals surface area (Å²) >= 11 is 0. The van der Waals surface area contributed by atoms with Gasteiger partial charge in [0.2, 0.25) is 0 Å². The maximum absolute atomic E-state index is 12.8. The van der Waals surface area contributed by atoms with Gasteiger partial charge in [-0.05, 0) is 44.5 Å². The zero-order valence-corrected chi connectivity index (χ0v) is 16.6. The Morgan fingerprint density at radius 2 is 1.89 bits per heavy atom. The number of aromatic nitrogens is 4. The molecule has 3 rings (SSSR count). The summed E-state index contributed by atoms with van der Waals surface area (Å²) < 4.78 is 8.09. The minimum atomic E-state index is -0.559. The Hall–Kier alpha value is -3.42. The number of ether oxygens (including phenoxy) is 1. The maximum Gasteiger partial charge on any atom is 0.358 e. The topological polar surface area (TPSA) is 91.0 Å². The van der Waals surface area contributed by atoms with E-state index in [4.69, 9.17) is 4.74 Å². The Kier molecular flexibility index (Phi) is 5.30. The van der Waals surface area contributed by atoms with Crippen molar-refractivity contribution in [2.45, 2.75) is 27.3 Å². The molecule has 8 heteroatoms. The molecule has 2 heterocycles. The molecule has 0 fully saturated rings. The molecule has 1 N–H and O–H groups in total. The van der Waals surface area contributed by atoms with Crippen LogP contribution >= 0.6 is 0 Å². The number of carbonyl (C=O) groups is 2. The van der Waals surface area contributed by atoms with E-state index in [1.165, 1.54) is 11.8 Å². The number of hydrogen-bond donors (Lipinski definition) is 1. The molecule has 0 radical (unpaired) electrons. The van der Waals surface area contributed by atoms with Crippen LogP contribution in [0.4, 0.5) is 5.69 Å². The lowest BCUT2D eigenvalue weighted by molar-refractivity contribution is 0.0589. The fraction of sp³-hybridized carbons (Fsp3) is 0.300. The van der Waals surface area contributed by atoms with E-state index in [9.17, 15) is 9.59 Å². The molecule has 1 amide bonds. The molecule has 0 saturated carbocycles. The molecule has 0 aliphatic rings.